The molecule has 5 nitrogen and oxygen atoms in total. The summed E-state index contributed by atoms with van der Waals surface area (Å²) in [5.74, 6) is 0.350. The quantitative estimate of drug-likeness (QED) is 0.719. The van der Waals surface area contributed by atoms with E-state index >= 15 is 0 Å². The highest BCUT2D eigenvalue weighted by Gasteiger charge is 2.16. The van der Waals surface area contributed by atoms with Crippen molar-refractivity contribution in [1.82, 2.24) is 10.6 Å². The molecule has 2 heterocycles. The van der Waals surface area contributed by atoms with Crippen LogP contribution < -0.4 is 16.0 Å². The van der Waals surface area contributed by atoms with E-state index in [-0.39, 0.29) is 17.3 Å². The summed E-state index contributed by atoms with van der Waals surface area (Å²) in [6, 6.07) is 3.11. The molecule has 1 fully saturated rings. The van der Waals surface area contributed by atoms with Gasteiger partial charge in [-0.3, -0.25) is 5.32 Å². The maximum absolute atomic E-state index is 11.4. The van der Waals surface area contributed by atoms with Crippen LogP contribution in [-0.2, 0) is 0 Å². The van der Waals surface area contributed by atoms with Crippen molar-refractivity contribution in [2.45, 2.75) is 12.5 Å². The third kappa shape index (κ3) is 2.87. The summed E-state index contributed by atoms with van der Waals surface area (Å²) >= 11 is 5.57. The lowest BCUT2D eigenvalue weighted by atomic mass is 10.3. The van der Waals surface area contributed by atoms with Crippen molar-refractivity contribution in [3.63, 3.8) is 0 Å². The Labute approximate surface area is 92.2 Å². The number of amides is 2. The van der Waals surface area contributed by atoms with Crippen LogP contribution in [0.4, 0.5) is 10.7 Å². The zero-order chi connectivity index (χ0) is 10.7. The van der Waals surface area contributed by atoms with Crippen LogP contribution in [0.3, 0.4) is 0 Å². The molecular weight excluding hydrogens is 218 g/mol. The predicted molar refractivity (Wildman–Crippen MR) is 57.1 cm³/mol. The number of carbonyl (C=O) groups is 1. The van der Waals surface area contributed by atoms with E-state index in [0.717, 1.165) is 19.5 Å². The molecule has 82 valence electrons. The normalized spacial score (nSPS) is 20.2. The highest BCUT2D eigenvalue weighted by Crippen LogP contribution is 2.17. The average Bonchev–Trinajstić information content (AvgIpc) is 2.77. The Hall–Kier alpha value is -1.20. The number of urea groups is 1. The van der Waals surface area contributed by atoms with Crippen LogP contribution in [0.25, 0.3) is 0 Å². The molecule has 1 saturated heterocycles. The first-order chi connectivity index (χ1) is 7.24. The number of hydrogen-bond donors (Lipinski definition) is 3. The first kappa shape index (κ1) is 10.3. The number of halogens is 1. The lowest BCUT2D eigenvalue weighted by Crippen LogP contribution is -2.39. The molecule has 3 N–H and O–H groups in total. The van der Waals surface area contributed by atoms with E-state index in [9.17, 15) is 4.79 Å². The molecule has 15 heavy (non-hydrogen) atoms. The summed E-state index contributed by atoms with van der Waals surface area (Å²) < 4.78 is 5.00. The van der Waals surface area contributed by atoms with Gasteiger partial charge in [-0.1, -0.05) is 0 Å². The van der Waals surface area contributed by atoms with Crippen molar-refractivity contribution in [2.75, 3.05) is 18.4 Å². The van der Waals surface area contributed by atoms with E-state index in [0.29, 0.717) is 5.88 Å². The third-order valence-electron chi connectivity index (χ3n) is 2.21. The molecule has 0 bridgehead atoms. The van der Waals surface area contributed by atoms with Crippen molar-refractivity contribution in [3.8, 4) is 0 Å². The minimum atomic E-state index is -0.269. The van der Waals surface area contributed by atoms with Crippen molar-refractivity contribution < 1.29 is 9.21 Å². The number of anilines is 1. The molecule has 2 amide bonds. The third-order valence-corrected chi connectivity index (χ3v) is 2.41. The molecule has 1 atom stereocenters. The Bertz CT molecular complexity index is 347. The monoisotopic (exact) mass is 229 g/mol. The van der Waals surface area contributed by atoms with Gasteiger partial charge in [-0.05, 0) is 30.6 Å². The maximum Gasteiger partial charge on any atom is 0.321 e. The number of rotatable bonds is 2. The fourth-order valence-corrected chi connectivity index (χ4v) is 1.64. The van der Waals surface area contributed by atoms with Crippen LogP contribution in [0, 0.1) is 0 Å². The molecular formula is C9H12ClN3O2. The van der Waals surface area contributed by atoms with E-state index in [4.69, 9.17) is 16.0 Å². The zero-order valence-electron chi connectivity index (χ0n) is 8.05. The van der Waals surface area contributed by atoms with Gasteiger partial charge in [-0.25, -0.2) is 4.79 Å². The molecule has 6 heteroatoms. The molecule has 1 unspecified atom stereocenters. The van der Waals surface area contributed by atoms with E-state index in [1.54, 1.807) is 12.1 Å². The first-order valence-electron chi connectivity index (χ1n) is 4.77. The maximum atomic E-state index is 11.4. The highest BCUT2D eigenvalue weighted by molar-refractivity contribution is 6.29. The minimum absolute atomic E-state index is 0.190. The van der Waals surface area contributed by atoms with Gasteiger partial charge in [-0.15, -0.1) is 0 Å². The number of carbonyl (C=O) groups excluding carboxylic acids is 1. The fourth-order valence-electron chi connectivity index (χ4n) is 1.49. The van der Waals surface area contributed by atoms with Gasteiger partial charge in [0, 0.05) is 18.7 Å². The van der Waals surface area contributed by atoms with Crippen LogP contribution in [0.2, 0.25) is 5.22 Å². The standard InChI is InChI=1S/C9H12ClN3O2/c10-7-1-2-8(15-7)13-9(14)12-6-3-4-11-5-6/h1-2,6,11H,3-5H2,(H2,12,13,14). The Morgan fingerprint density at radius 1 is 1.60 bits per heavy atom. The van der Waals surface area contributed by atoms with Gasteiger partial charge in [0.05, 0.1) is 0 Å². The summed E-state index contributed by atoms with van der Waals surface area (Å²) in [5.41, 5.74) is 0. The second-order valence-corrected chi connectivity index (χ2v) is 3.76. The van der Waals surface area contributed by atoms with Gasteiger partial charge in [0.2, 0.25) is 5.88 Å². The summed E-state index contributed by atoms with van der Waals surface area (Å²) in [7, 11) is 0. The zero-order valence-corrected chi connectivity index (χ0v) is 8.80. The Balaban J connectivity index is 1.81. The molecule has 0 aliphatic carbocycles. The van der Waals surface area contributed by atoms with Crippen molar-refractivity contribution in [3.05, 3.63) is 17.4 Å². The number of nitrogens with one attached hydrogen (secondary N) is 3. The van der Waals surface area contributed by atoms with Crippen LogP contribution in [0.1, 0.15) is 6.42 Å². The van der Waals surface area contributed by atoms with Crippen LogP contribution >= 0.6 is 11.6 Å². The summed E-state index contributed by atoms with van der Waals surface area (Å²) in [6.45, 7) is 1.75. The molecule has 1 aliphatic heterocycles. The van der Waals surface area contributed by atoms with Crippen LogP contribution in [0.5, 0.6) is 0 Å². The first-order valence-corrected chi connectivity index (χ1v) is 5.15. The van der Waals surface area contributed by atoms with E-state index in [1.807, 2.05) is 0 Å². The molecule has 0 saturated carbocycles. The molecule has 0 radical (unpaired) electrons. The Morgan fingerprint density at radius 3 is 3.07 bits per heavy atom. The summed E-state index contributed by atoms with van der Waals surface area (Å²) in [4.78, 5) is 11.4. The Kier molecular flexibility index (Phi) is 3.13. The van der Waals surface area contributed by atoms with Gasteiger partial charge in [0.1, 0.15) is 0 Å². The smallest absolute Gasteiger partial charge is 0.321 e. The van der Waals surface area contributed by atoms with E-state index < -0.39 is 0 Å². The molecule has 0 spiro atoms. The molecule has 1 aliphatic rings. The lowest BCUT2D eigenvalue weighted by Gasteiger charge is -2.10. The van der Waals surface area contributed by atoms with Gasteiger partial charge < -0.3 is 15.1 Å². The van der Waals surface area contributed by atoms with Crippen molar-refractivity contribution in [2.24, 2.45) is 0 Å². The minimum Gasteiger partial charge on any atom is -0.429 e. The van der Waals surface area contributed by atoms with Crippen molar-refractivity contribution in [1.29, 1.82) is 0 Å². The predicted octanol–water partition coefficient (Wildman–Crippen LogP) is 1.42. The van der Waals surface area contributed by atoms with Gasteiger partial charge in [0.15, 0.2) is 5.22 Å². The second kappa shape index (κ2) is 4.55. The van der Waals surface area contributed by atoms with Crippen LogP contribution in [0.15, 0.2) is 16.5 Å². The van der Waals surface area contributed by atoms with Crippen LogP contribution in [-0.4, -0.2) is 25.2 Å². The lowest BCUT2D eigenvalue weighted by molar-refractivity contribution is 0.248. The van der Waals surface area contributed by atoms with Gasteiger partial charge >= 0.3 is 6.03 Å². The molecule has 2 rings (SSSR count). The second-order valence-electron chi connectivity index (χ2n) is 3.39. The van der Waals surface area contributed by atoms with E-state index in [1.165, 1.54) is 0 Å². The largest absolute Gasteiger partial charge is 0.429 e. The summed E-state index contributed by atoms with van der Waals surface area (Å²) in [6.07, 6.45) is 0.951. The molecule has 0 aromatic carbocycles. The Morgan fingerprint density at radius 2 is 2.47 bits per heavy atom. The SMILES string of the molecule is O=C(Nc1ccc(Cl)o1)NC1CCNC1. The number of furan rings is 1. The highest BCUT2D eigenvalue weighted by atomic mass is 35.5. The number of hydrogen-bond acceptors (Lipinski definition) is 3. The van der Waals surface area contributed by atoms with Gasteiger partial charge in [-0.2, -0.15) is 0 Å². The fraction of sp³-hybridized carbons (Fsp3) is 0.444. The van der Waals surface area contributed by atoms with Gasteiger partial charge in [0.25, 0.3) is 0 Å². The molecule has 1 aromatic rings. The molecule has 1 aromatic heterocycles. The average molecular weight is 230 g/mol. The van der Waals surface area contributed by atoms with E-state index in [2.05, 4.69) is 16.0 Å². The summed E-state index contributed by atoms with van der Waals surface area (Å²) in [5, 5.41) is 8.80. The topological polar surface area (TPSA) is 66.3 Å². The van der Waals surface area contributed by atoms with Crippen molar-refractivity contribution >= 4 is 23.5 Å².